The van der Waals surface area contributed by atoms with Crippen molar-refractivity contribution in [2.45, 2.75) is 133 Å². The minimum atomic E-state index is -2.30. The second-order valence-corrected chi connectivity index (χ2v) is 17.6. The fourth-order valence-corrected chi connectivity index (χ4v) is 8.35. The summed E-state index contributed by atoms with van der Waals surface area (Å²) in [7, 11) is -2.30. The minimum absolute atomic E-state index is 0. The summed E-state index contributed by atoms with van der Waals surface area (Å²) in [5.41, 5.74) is 3.92. The van der Waals surface area contributed by atoms with E-state index in [9.17, 15) is 4.21 Å². The van der Waals surface area contributed by atoms with E-state index >= 15 is 0 Å². The van der Waals surface area contributed by atoms with Crippen molar-refractivity contribution in [1.82, 2.24) is 25.7 Å². The van der Waals surface area contributed by atoms with Crippen molar-refractivity contribution in [1.29, 1.82) is 0 Å². The highest BCUT2D eigenvalue weighted by atomic mass is 32.2. The zero-order valence-electron chi connectivity index (χ0n) is 28.6. The summed E-state index contributed by atoms with van der Waals surface area (Å²) in [5, 5.41) is 9.31. The van der Waals surface area contributed by atoms with E-state index in [0.29, 0.717) is 18.7 Å². The fourth-order valence-electron chi connectivity index (χ4n) is 7.71. The van der Waals surface area contributed by atoms with Crippen LogP contribution in [0.15, 0.2) is 27.7 Å². The number of aliphatic imine (C=N–C) groups is 1. The number of hydrazine groups is 1. The topological polar surface area (TPSA) is 119 Å². The van der Waals surface area contributed by atoms with Crippen LogP contribution in [0.4, 0.5) is 11.8 Å². The van der Waals surface area contributed by atoms with Gasteiger partial charge in [-0.3, -0.25) is 9.53 Å². The molecule has 1 saturated carbocycles. The van der Waals surface area contributed by atoms with Gasteiger partial charge in [-0.25, -0.2) is 24.8 Å². The van der Waals surface area contributed by atoms with E-state index in [1.54, 1.807) is 12.5 Å². The summed E-state index contributed by atoms with van der Waals surface area (Å²) >= 11 is 0. The van der Waals surface area contributed by atoms with E-state index in [-0.39, 0.29) is 24.5 Å². The fraction of sp³-hybridized carbons (Fsp3) is 0.765. The van der Waals surface area contributed by atoms with Crippen molar-refractivity contribution in [3.63, 3.8) is 0 Å². The first-order valence-electron chi connectivity index (χ1n) is 17.6. The number of amidine groups is 1. The zero-order valence-corrected chi connectivity index (χ0v) is 29.4. The largest absolute Gasteiger partial charge is 0.374 e. The van der Waals surface area contributed by atoms with Gasteiger partial charge in [0.05, 0.1) is 31.1 Å². The van der Waals surface area contributed by atoms with Crippen LogP contribution < -0.4 is 21.0 Å². The molecule has 1 aliphatic carbocycles. The quantitative estimate of drug-likeness (QED) is 0.395. The lowest BCUT2D eigenvalue weighted by Gasteiger charge is -2.46. The van der Waals surface area contributed by atoms with Gasteiger partial charge in [-0.1, -0.05) is 70.8 Å². The predicted octanol–water partition coefficient (Wildman–Crippen LogP) is 5.37. The van der Waals surface area contributed by atoms with Crippen LogP contribution in [-0.4, -0.2) is 87.4 Å². The molecule has 1 aromatic heterocycles. The number of hydrogen-bond acceptors (Lipinski definition) is 11. The van der Waals surface area contributed by atoms with E-state index in [2.05, 4.69) is 51.1 Å². The lowest BCUT2D eigenvalue weighted by Crippen LogP contribution is -2.56. The number of fused-ring (bicyclic) bond motifs is 4. The molecule has 5 atom stereocenters. The van der Waals surface area contributed by atoms with Crippen LogP contribution >= 0.6 is 0 Å². The van der Waals surface area contributed by atoms with Crippen LogP contribution in [0.25, 0.3) is 0 Å². The molecule has 0 bridgehead atoms. The number of dihydropyridines is 1. The Balaban J connectivity index is 0.000000377. The molecule has 12 heteroatoms. The molecule has 0 amide bonds. The first-order chi connectivity index (χ1) is 22.0. The molecular weight excluding hydrogens is 599 g/mol. The molecule has 1 radical (unpaired) electrons. The average molecular weight is 657 g/mol. The SMILES string of the molecule is C1CCCCCCCC1.CC1(C)C[C@H]2N(C3=NC(N=S(C)(C)=O)C=C[CH]3)c3nc(NC4CCC5NCNN5C4)ncc3[C@@]2(C)CO1.[HH]. The lowest BCUT2D eigenvalue weighted by atomic mass is 9.73. The first kappa shape index (κ1) is 33.8. The van der Waals surface area contributed by atoms with Gasteiger partial charge in [-0.15, -0.1) is 0 Å². The summed E-state index contributed by atoms with van der Waals surface area (Å²) in [5.74, 6) is 2.27. The molecular formula is C34H58N9O2S. The van der Waals surface area contributed by atoms with Crippen molar-refractivity contribution in [3.05, 3.63) is 30.3 Å². The molecule has 257 valence electrons. The van der Waals surface area contributed by atoms with Gasteiger partial charge in [0.25, 0.3) is 0 Å². The Hall–Kier alpha value is -2.12. The van der Waals surface area contributed by atoms with Gasteiger partial charge in [-0.05, 0) is 39.2 Å². The molecule has 7 rings (SSSR count). The third-order valence-electron chi connectivity index (χ3n) is 10.3. The van der Waals surface area contributed by atoms with Crippen LogP contribution in [0.3, 0.4) is 0 Å². The maximum Gasteiger partial charge on any atom is 0.224 e. The van der Waals surface area contributed by atoms with Crippen LogP contribution in [-0.2, 0) is 19.9 Å². The van der Waals surface area contributed by atoms with Crippen molar-refractivity contribution in [2.24, 2.45) is 9.36 Å². The minimum Gasteiger partial charge on any atom is -0.374 e. The number of ether oxygens (including phenoxy) is 1. The standard InChI is InChI=1S/C25H38N9O2S.C9H18.H2/c1-24(2)11-18-25(3,14-36-24)17-12-26-23(29-16-9-10-20-27-15-28-33(20)13-16)31-22(17)34(18)21-8-6-7-19(30-21)32-37(4,5)35;1-2-4-6-8-9-7-5-3-1;/h6-8,12,16,18-20,27-28H,9-11,13-15H2,1-5H3,(H,26,29,31);1-9H2;1H/t16?,18-,19?,20?,25-;;/m1../s1. The summed E-state index contributed by atoms with van der Waals surface area (Å²) in [6, 6.07) is 0.351. The van der Waals surface area contributed by atoms with Gasteiger partial charge in [-0.2, -0.15) is 4.98 Å². The molecule has 6 heterocycles. The van der Waals surface area contributed by atoms with E-state index in [1.165, 1.54) is 57.8 Å². The van der Waals surface area contributed by atoms with E-state index in [1.807, 2.05) is 24.8 Å². The maximum absolute atomic E-state index is 12.4. The highest BCUT2D eigenvalue weighted by Gasteiger charge is 2.55. The normalized spacial score (nSPS) is 32.8. The summed E-state index contributed by atoms with van der Waals surface area (Å²) in [4.78, 5) is 17.0. The molecule has 5 aliphatic heterocycles. The molecule has 0 spiro atoms. The highest BCUT2D eigenvalue weighted by Crippen LogP contribution is 2.51. The number of anilines is 2. The molecule has 6 aliphatic rings. The van der Waals surface area contributed by atoms with Crippen LogP contribution in [0.1, 0.15) is 105 Å². The second-order valence-electron chi connectivity index (χ2n) is 15.0. The summed E-state index contributed by atoms with van der Waals surface area (Å²) in [6.07, 6.45) is 27.4. The Morgan fingerprint density at radius 3 is 2.43 bits per heavy atom. The zero-order chi connectivity index (χ0) is 32.4. The van der Waals surface area contributed by atoms with Crippen molar-refractivity contribution < 1.29 is 10.4 Å². The molecule has 4 fully saturated rings. The predicted molar refractivity (Wildman–Crippen MR) is 189 cm³/mol. The number of aromatic nitrogens is 2. The molecule has 46 heavy (non-hydrogen) atoms. The van der Waals surface area contributed by atoms with E-state index in [0.717, 1.165) is 49.7 Å². The lowest BCUT2D eigenvalue weighted by molar-refractivity contribution is -0.0889. The number of nitrogens with one attached hydrogen (secondary N) is 3. The Bertz CT molecular complexity index is 1380. The van der Waals surface area contributed by atoms with E-state index < -0.39 is 15.9 Å². The molecule has 1 aromatic rings. The molecule has 3 unspecified atom stereocenters. The first-order valence-corrected chi connectivity index (χ1v) is 19.9. The number of nitrogens with zero attached hydrogens (tertiary/aromatic N) is 6. The Morgan fingerprint density at radius 1 is 1.07 bits per heavy atom. The monoisotopic (exact) mass is 656 g/mol. The van der Waals surface area contributed by atoms with Gasteiger partial charge in [0, 0.05) is 59.8 Å². The van der Waals surface area contributed by atoms with Crippen LogP contribution in [0.2, 0.25) is 0 Å². The Labute approximate surface area is 278 Å². The molecule has 3 saturated heterocycles. The molecule has 11 nitrogen and oxygen atoms in total. The van der Waals surface area contributed by atoms with Gasteiger partial charge >= 0.3 is 0 Å². The van der Waals surface area contributed by atoms with Gasteiger partial charge in [0.2, 0.25) is 5.95 Å². The van der Waals surface area contributed by atoms with Gasteiger partial charge in [0.1, 0.15) is 11.7 Å². The van der Waals surface area contributed by atoms with Crippen LogP contribution in [0, 0.1) is 6.42 Å². The second kappa shape index (κ2) is 14.2. The Kier molecular flexibility index (Phi) is 10.4. The van der Waals surface area contributed by atoms with Crippen molar-refractivity contribution >= 4 is 27.3 Å². The third kappa shape index (κ3) is 7.94. The van der Waals surface area contributed by atoms with Crippen molar-refractivity contribution in [2.75, 3.05) is 42.5 Å². The Morgan fingerprint density at radius 2 is 1.76 bits per heavy atom. The summed E-state index contributed by atoms with van der Waals surface area (Å²) in [6.45, 7) is 8.78. The molecule has 0 aromatic carbocycles. The van der Waals surface area contributed by atoms with Gasteiger partial charge < -0.3 is 15.0 Å². The average Bonchev–Trinajstić information content (AvgIpc) is 3.60. The summed E-state index contributed by atoms with van der Waals surface area (Å²) < 4.78 is 23.2. The number of piperidine rings is 1. The maximum atomic E-state index is 12.4. The van der Waals surface area contributed by atoms with Crippen molar-refractivity contribution in [3.8, 4) is 0 Å². The highest BCUT2D eigenvalue weighted by molar-refractivity contribution is 7.92. The van der Waals surface area contributed by atoms with E-state index in [4.69, 9.17) is 19.7 Å². The molecule has 3 N–H and O–H groups in total. The third-order valence-corrected chi connectivity index (χ3v) is 11.0. The van der Waals surface area contributed by atoms with Crippen LogP contribution in [0.5, 0.6) is 0 Å². The van der Waals surface area contributed by atoms with Gasteiger partial charge in [0.15, 0.2) is 6.17 Å². The number of hydrogen-bond donors (Lipinski definition) is 3. The number of rotatable bonds is 3. The smallest absolute Gasteiger partial charge is 0.224 e.